The lowest BCUT2D eigenvalue weighted by Crippen LogP contribution is -1.95. The van der Waals surface area contributed by atoms with Crippen LogP contribution in [0, 0.1) is 5.82 Å². The van der Waals surface area contributed by atoms with Gasteiger partial charge in [0.2, 0.25) is 0 Å². The van der Waals surface area contributed by atoms with Gasteiger partial charge in [-0.25, -0.2) is 4.39 Å². The van der Waals surface area contributed by atoms with Gasteiger partial charge in [0.1, 0.15) is 11.5 Å². The summed E-state index contributed by atoms with van der Waals surface area (Å²) in [6.45, 7) is 0. The second-order valence-corrected chi connectivity index (χ2v) is 5.73. The van der Waals surface area contributed by atoms with Crippen molar-refractivity contribution < 1.29 is 4.39 Å². The van der Waals surface area contributed by atoms with Crippen molar-refractivity contribution in [1.29, 1.82) is 0 Å². The minimum absolute atomic E-state index is 0.263. The molecule has 25 heavy (non-hydrogen) atoms. The summed E-state index contributed by atoms with van der Waals surface area (Å²) in [5.41, 5.74) is 5.47. The molecule has 0 spiro atoms. The second kappa shape index (κ2) is 6.65. The standard InChI is InChI=1S/C22H15FN2/c23-19-13-11-17(12-14-19)21-15-20(16-7-3-1-4-8-16)22(25-24-21)18-9-5-2-6-10-18/h1-15H. The third-order valence-corrected chi connectivity index (χ3v) is 4.07. The first-order chi connectivity index (χ1) is 12.3. The second-order valence-electron chi connectivity index (χ2n) is 5.73. The summed E-state index contributed by atoms with van der Waals surface area (Å²) in [7, 11) is 0. The maximum absolute atomic E-state index is 13.2. The molecule has 0 aliphatic rings. The summed E-state index contributed by atoms with van der Waals surface area (Å²) >= 11 is 0. The highest BCUT2D eigenvalue weighted by atomic mass is 19.1. The van der Waals surface area contributed by atoms with Gasteiger partial charge in [-0.15, -0.1) is 10.2 Å². The summed E-state index contributed by atoms with van der Waals surface area (Å²) in [4.78, 5) is 0. The van der Waals surface area contributed by atoms with Crippen LogP contribution in [0.4, 0.5) is 4.39 Å². The molecule has 0 aliphatic heterocycles. The van der Waals surface area contributed by atoms with Crippen LogP contribution in [0.15, 0.2) is 91.0 Å². The Bertz CT molecular complexity index is 981. The van der Waals surface area contributed by atoms with E-state index >= 15 is 0 Å². The Morgan fingerprint density at radius 1 is 0.560 bits per heavy atom. The summed E-state index contributed by atoms with van der Waals surface area (Å²) in [5.74, 6) is -0.263. The van der Waals surface area contributed by atoms with Gasteiger partial charge in [0.25, 0.3) is 0 Å². The molecule has 120 valence electrons. The minimum Gasteiger partial charge on any atom is -0.207 e. The van der Waals surface area contributed by atoms with Crippen LogP contribution < -0.4 is 0 Å². The normalized spacial score (nSPS) is 10.6. The molecule has 0 saturated carbocycles. The Kier molecular flexibility index (Phi) is 4.05. The lowest BCUT2D eigenvalue weighted by molar-refractivity contribution is 0.628. The molecule has 0 aliphatic carbocycles. The van der Waals surface area contributed by atoms with Crippen LogP contribution in [-0.2, 0) is 0 Å². The van der Waals surface area contributed by atoms with E-state index in [4.69, 9.17) is 0 Å². The first kappa shape index (κ1) is 15.2. The zero-order valence-electron chi connectivity index (χ0n) is 13.4. The number of rotatable bonds is 3. The first-order valence-electron chi connectivity index (χ1n) is 8.06. The third kappa shape index (κ3) is 3.17. The van der Waals surface area contributed by atoms with Gasteiger partial charge in [0.05, 0.1) is 5.69 Å². The highest BCUT2D eigenvalue weighted by Gasteiger charge is 2.12. The minimum atomic E-state index is -0.263. The first-order valence-corrected chi connectivity index (χ1v) is 8.06. The number of halogens is 1. The van der Waals surface area contributed by atoms with Crippen LogP contribution in [-0.4, -0.2) is 10.2 Å². The highest BCUT2D eigenvalue weighted by molar-refractivity contribution is 5.82. The molecular weight excluding hydrogens is 311 g/mol. The topological polar surface area (TPSA) is 25.8 Å². The Hall–Kier alpha value is -3.33. The van der Waals surface area contributed by atoms with Gasteiger partial charge in [-0.1, -0.05) is 60.7 Å². The molecule has 1 aromatic heterocycles. The molecule has 0 unspecified atom stereocenters. The summed E-state index contributed by atoms with van der Waals surface area (Å²) in [6, 6.07) is 28.4. The molecule has 1 heterocycles. The van der Waals surface area contributed by atoms with Crippen molar-refractivity contribution in [3.05, 3.63) is 96.8 Å². The van der Waals surface area contributed by atoms with Gasteiger partial charge in [-0.2, -0.15) is 0 Å². The van der Waals surface area contributed by atoms with Gasteiger partial charge in [-0.3, -0.25) is 0 Å². The molecule has 0 N–H and O–H groups in total. The van der Waals surface area contributed by atoms with E-state index < -0.39 is 0 Å². The van der Waals surface area contributed by atoms with Gasteiger partial charge in [0.15, 0.2) is 0 Å². The van der Waals surface area contributed by atoms with Crippen molar-refractivity contribution in [2.45, 2.75) is 0 Å². The van der Waals surface area contributed by atoms with Gasteiger partial charge in [0, 0.05) is 16.7 Å². The quantitative estimate of drug-likeness (QED) is 0.488. The van der Waals surface area contributed by atoms with Crippen molar-refractivity contribution in [3.63, 3.8) is 0 Å². The SMILES string of the molecule is Fc1ccc(-c2cc(-c3ccccc3)c(-c3ccccc3)nn2)cc1. The molecule has 3 aromatic carbocycles. The summed E-state index contributed by atoms with van der Waals surface area (Å²) < 4.78 is 13.2. The number of hydrogen-bond acceptors (Lipinski definition) is 2. The van der Waals surface area contributed by atoms with Gasteiger partial charge < -0.3 is 0 Å². The van der Waals surface area contributed by atoms with Crippen LogP contribution in [0.25, 0.3) is 33.6 Å². The highest BCUT2D eigenvalue weighted by Crippen LogP contribution is 2.32. The van der Waals surface area contributed by atoms with E-state index in [1.807, 2.05) is 54.6 Å². The smallest absolute Gasteiger partial charge is 0.123 e. The van der Waals surface area contributed by atoms with Crippen molar-refractivity contribution in [2.24, 2.45) is 0 Å². The third-order valence-electron chi connectivity index (χ3n) is 4.07. The Balaban J connectivity index is 1.90. The molecule has 0 fully saturated rings. The van der Waals surface area contributed by atoms with E-state index in [0.29, 0.717) is 0 Å². The lowest BCUT2D eigenvalue weighted by Gasteiger charge is -2.11. The van der Waals surface area contributed by atoms with E-state index in [-0.39, 0.29) is 5.82 Å². The van der Waals surface area contributed by atoms with Gasteiger partial charge >= 0.3 is 0 Å². The maximum atomic E-state index is 13.2. The largest absolute Gasteiger partial charge is 0.207 e. The average Bonchev–Trinajstić information content (AvgIpc) is 2.69. The predicted octanol–water partition coefficient (Wildman–Crippen LogP) is 5.62. The number of hydrogen-bond donors (Lipinski definition) is 0. The van der Waals surface area contributed by atoms with E-state index in [2.05, 4.69) is 22.3 Å². The van der Waals surface area contributed by atoms with Crippen molar-refractivity contribution in [1.82, 2.24) is 10.2 Å². The summed E-state index contributed by atoms with van der Waals surface area (Å²) in [6.07, 6.45) is 0. The molecule has 2 nitrogen and oxygen atoms in total. The van der Waals surface area contributed by atoms with Crippen molar-refractivity contribution >= 4 is 0 Å². The van der Waals surface area contributed by atoms with Crippen molar-refractivity contribution in [2.75, 3.05) is 0 Å². The molecule has 3 heteroatoms. The van der Waals surface area contributed by atoms with Crippen LogP contribution >= 0.6 is 0 Å². The fourth-order valence-corrected chi connectivity index (χ4v) is 2.80. The molecular formula is C22H15FN2. The Morgan fingerprint density at radius 3 is 1.80 bits per heavy atom. The molecule has 4 aromatic rings. The van der Waals surface area contributed by atoms with Crippen LogP contribution in [0.1, 0.15) is 0 Å². The zero-order chi connectivity index (χ0) is 17.1. The number of benzene rings is 3. The predicted molar refractivity (Wildman–Crippen MR) is 98.3 cm³/mol. The lowest BCUT2D eigenvalue weighted by atomic mass is 9.98. The van der Waals surface area contributed by atoms with Crippen molar-refractivity contribution in [3.8, 4) is 33.6 Å². The average molecular weight is 326 g/mol. The molecule has 0 atom stereocenters. The fraction of sp³-hybridized carbons (Fsp3) is 0. The maximum Gasteiger partial charge on any atom is 0.123 e. The van der Waals surface area contributed by atoms with Crippen LogP contribution in [0.3, 0.4) is 0 Å². The Morgan fingerprint density at radius 2 is 1.16 bits per heavy atom. The monoisotopic (exact) mass is 326 g/mol. The molecule has 0 saturated heterocycles. The van der Waals surface area contributed by atoms with E-state index in [9.17, 15) is 4.39 Å². The molecule has 4 rings (SSSR count). The summed E-state index contributed by atoms with van der Waals surface area (Å²) in [5, 5.41) is 8.85. The Labute approximate surface area is 145 Å². The zero-order valence-corrected chi connectivity index (χ0v) is 13.4. The molecule has 0 amide bonds. The fourth-order valence-electron chi connectivity index (χ4n) is 2.80. The molecule has 0 bridgehead atoms. The number of aromatic nitrogens is 2. The van der Waals surface area contributed by atoms with E-state index in [1.54, 1.807) is 12.1 Å². The van der Waals surface area contributed by atoms with E-state index in [1.165, 1.54) is 12.1 Å². The molecule has 0 radical (unpaired) electrons. The van der Waals surface area contributed by atoms with Crippen LogP contribution in [0.2, 0.25) is 0 Å². The van der Waals surface area contributed by atoms with Gasteiger partial charge in [-0.05, 0) is 35.9 Å². The number of nitrogens with zero attached hydrogens (tertiary/aromatic N) is 2. The van der Waals surface area contributed by atoms with Crippen LogP contribution in [0.5, 0.6) is 0 Å². The van der Waals surface area contributed by atoms with E-state index in [0.717, 1.165) is 33.6 Å².